The van der Waals surface area contributed by atoms with Crippen LogP contribution >= 0.6 is 0 Å². The number of amides is 1. The van der Waals surface area contributed by atoms with Gasteiger partial charge in [-0.2, -0.15) is 0 Å². The molecular formula is C40H41NO4. The largest absolute Gasteiger partial charge is 0.478 e. The molecule has 0 aliphatic rings. The molecule has 3 N–H and O–H groups in total. The Morgan fingerprint density at radius 2 is 1.18 bits per heavy atom. The lowest BCUT2D eigenvalue weighted by atomic mass is 9.85. The van der Waals surface area contributed by atoms with Gasteiger partial charge in [-0.3, -0.25) is 4.79 Å². The Bertz CT molecular complexity index is 2010. The summed E-state index contributed by atoms with van der Waals surface area (Å²) in [6, 6.07) is 24.2. The van der Waals surface area contributed by atoms with Gasteiger partial charge in [0.15, 0.2) is 0 Å². The number of para-hydroxylation sites is 1. The summed E-state index contributed by atoms with van der Waals surface area (Å²) < 4.78 is 0. The molecule has 230 valence electrons. The number of aliphatic hydroxyl groups excluding tert-OH is 1. The van der Waals surface area contributed by atoms with Crippen molar-refractivity contribution in [3.8, 4) is 0 Å². The van der Waals surface area contributed by atoms with E-state index >= 15 is 0 Å². The van der Waals surface area contributed by atoms with Crippen molar-refractivity contribution in [3.63, 3.8) is 0 Å². The number of benzene rings is 6. The minimum atomic E-state index is -1.06. The molecule has 0 atom stereocenters. The molecular weight excluding hydrogens is 558 g/mol. The zero-order valence-corrected chi connectivity index (χ0v) is 26.5. The number of fused-ring (bicyclic) bond motifs is 2. The molecule has 0 aliphatic heterocycles. The molecule has 6 rings (SSSR count). The monoisotopic (exact) mass is 599 g/mol. The van der Waals surface area contributed by atoms with Crippen LogP contribution in [0.5, 0.6) is 0 Å². The Kier molecular flexibility index (Phi) is 8.48. The maximum atomic E-state index is 14.2. The van der Waals surface area contributed by atoms with Gasteiger partial charge in [0.05, 0.1) is 5.56 Å². The summed E-state index contributed by atoms with van der Waals surface area (Å²) in [4.78, 5) is 26.9. The smallest absolute Gasteiger partial charge is 0.336 e. The van der Waals surface area contributed by atoms with Crippen molar-refractivity contribution in [1.29, 1.82) is 0 Å². The van der Waals surface area contributed by atoms with Gasteiger partial charge in [-0.05, 0) is 97.6 Å². The van der Waals surface area contributed by atoms with Crippen molar-refractivity contribution < 1.29 is 19.8 Å². The topological polar surface area (TPSA) is 86.6 Å². The number of nitrogens with one attached hydrogen (secondary N) is 1. The number of rotatable bonds is 11. The lowest BCUT2D eigenvalue weighted by Crippen LogP contribution is -2.17. The van der Waals surface area contributed by atoms with Crippen molar-refractivity contribution in [2.45, 2.75) is 71.6 Å². The van der Waals surface area contributed by atoms with Gasteiger partial charge in [0.2, 0.25) is 0 Å². The van der Waals surface area contributed by atoms with Crippen LogP contribution in [0, 0.1) is 0 Å². The molecule has 0 saturated carbocycles. The molecule has 0 aromatic heterocycles. The minimum Gasteiger partial charge on any atom is -0.478 e. The van der Waals surface area contributed by atoms with Crippen LogP contribution in [0.3, 0.4) is 0 Å². The first-order valence-electron chi connectivity index (χ1n) is 16.2. The summed E-state index contributed by atoms with van der Waals surface area (Å²) in [7, 11) is 0. The number of carboxylic acids is 1. The van der Waals surface area contributed by atoms with Crippen LogP contribution in [0.15, 0.2) is 72.8 Å². The highest BCUT2D eigenvalue weighted by molar-refractivity contribution is 6.36. The van der Waals surface area contributed by atoms with Crippen molar-refractivity contribution in [3.05, 3.63) is 101 Å². The van der Waals surface area contributed by atoms with E-state index in [1.54, 1.807) is 12.1 Å². The molecule has 0 aliphatic carbocycles. The fourth-order valence-corrected chi connectivity index (χ4v) is 7.10. The van der Waals surface area contributed by atoms with E-state index in [0.717, 1.165) is 75.8 Å². The Hall–Kier alpha value is -4.48. The number of anilines is 1. The Morgan fingerprint density at radius 1 is 0.622 bits per heavy atom. The van der Waals surface area contributed by atoms with Crippen LogP contribution < -0.4 is 5.32 Å². The molecule has 0 spiro atoms. The average molecular weight is 600 g/mol. The van der Waals surface area contributed by atoms with Crippen LogP contribution in [-0.4, -0.2) is 28.7 Å². The lowest BCUT2D eigenvalue weighted by Gasteiger charge is -2.22. The van der Waals surface area contributed by atoms with E-state index < -0.39 is 5.97 Å². The van der Waals surface area contributed by atoms with Gasteiger partial charge >= 0.3 is 5.97 Å². The predicted octanol–water partition coefficient (Wildman–Crippen LogP) is 10.0. The van der Waals surface area contributed by atoms with Crippen molar-refractivity contribution in [2.75, 3.05) is 11.9 Å². The molecule has 6 aromatic carbocycles. The van der Waals surface area contributed by atoms with Crippen molar-refractivity contribution >= 4 is 60.7 Å². The normalized spacial score (nSPS) is 12.0. The molecule has 0 bridgehead atoms. The molecule has 6 aromatic rings. The molecule has 0 saturated heterocycles. The molecule has 5 nitrogen and oxygen atoms in total. The predicted molar refractivity (Wildman–Crippen MR) is 186 cm³/mol. The number of carboxylic acid groups (broad SMARTS) is 1. The lowest BCUT2D eigenvalue weighted by molar-refractivity contribution is 0.0699. The Balaban J connectivity index is 1.55. The Morgan fingerprint density at radius 3 is 1.82 bits per heavy atom. The number of aromatic carboxylic acids is 1. The molecule has 0 radical (unpaired) electrons. The number of hydrogen-bond donors (Lipinski definition) is 3. The number of aliphatic hydroxyl groups is 1. The first-order valence-corrected chi connectivity index (χ1v) is 16.2. The summed E-state index contributed by atoms with van der Waals surface area (Å²) in [6.45, 7) is 8.69. The molecule has 45 heavy (non-hydrogen) atoms. The summed E-state index contributed by atoms with van der Waals surface area (Å²) in [5.74, 6) is -0.963. The van der Waals surface area contributed by atoms with Gasteiger partial charge in [-0.15, -0.1) is 0 Å². The van der Waals surface area contributed by atoms with E-state index in [-0.39, 0.29) is 29.9 Å². The van der Waals surface area contributed by atoms with E-state index in [2.05, 4.69) is 63.3 Å². The van der Waals surface area contributed by atoms with Gasteiger partial charge < -0.3 is 15.5 Å². The maximum absolute atomic E-state index is 14.2. The van der Waals surface area contributed by atoms with Gasteiger partial charge in [-0.1, -0.05) is 101 Å². The van der Waals surface area contributed by atoms with Crippen LogP contribution in [0.4, 0.5) is 5.69 Å². The maximum Gasteiger partial charge on any atom is 0.336 e. The van der Waals surface area contributed by atoms with Crippen LogP contribution in [-0.2, 0) is 6.42 Å². The van der Waals surface area contributed by atoms with Crippen LogP contribution in [0.2, 0.25) is 0 Å². The number of hydrogen-bond acceptors (Lipinski definition) is 3. The van der Waals surface area contributed by atoms with E-state index in [0.29, 0.717) is 10.9 Å². The molecule has 1 amide bonds. The third-order valence-corrected chi connectivity index (χ3v) is 9.31. The first kappa shape index (κ1) is 30.5. The number of carbonyl (C=O) groups excluding carboxylic acids is 1. The highest BCUT2D eigenvalue weighted by Crippen LogP contribution is 2.43. The van der Waals surface area contributed by atoms with Gasteiger partial charge in [0.25, 0.3) is 5.91 Å². The van der Waals surface area contributed by atoms with E-state index in [1.807, 2.05) is 30.3 Å². The zero-order valence-electron chi connectivity index (χ0n) is 26.5. The fraction of sp³-hybridized carbons (Fsp3) is 0.300. The fourth-order valence-electron chi connectivity index (χ4n) is 7.10. The summed E-state index contributed by atoms with van der Waals surface area (Å²) in [5.41, 5.74) is 4.70. The third-order valence-electron chi connectivity index (χ3n) is 9.31. The average Bonchev–Trinajstić information content (AvgIpc) is 3.03. The highest BCUT2D eigenvalue weighted by Gasteiger charge is 2.24. The molecule has 0 heterocycles. The van der Waals surface area contributed by atoms with Crippen molar-refractivity contribution in [2.24, 2.45) is 0 Å². The van der Waals surface area contributed by atoms with Crippen LogP contribution in [0.1, 0.15) is 103 Å². The summed E-state index contributed by atoms with van der Waals surface area (Å²) >= 11 is 0. The highest BCUT2D eigenvalue weighted by atomic mass is 16.4. The van der Waals surface area contributed by atoms with E-state index in [9.17, 15) is 14.7 Å². The quantitative estimate of drug-likeness (QED) is 0.0786. The van der Waals surface area contributed by atoms with E-state index in [4.69, 9.17) is 5.11 Å². The summed E-state index contributed by atoms with van der Waals surface area (Å²) in [5, 5.41) is 30.4. The van der Waals surface area contributed by atoms with Gasteiger partial charge in [0, 0.05) is 23.2 Å². The third kappa shape index (κ3) is 5.40. The first-order chi connectivity index (χ1) is 21.7. The number of aryl methyl sites for hydroxylation is 1. The van der Waals surface area contributed by atoms with Crippen LogP contribution in [0.25, 0.3) is 43.1 Å². The molecule has 5 heteroatoms. The SMILES string of the molecule is CC(C)c1cccc(C(C)C)c1NC(=O)c1ccc2c3cccc4c(CCCCCCO)ccc(c5ccc(C(=O)O)c1c52)c43. The second-order valence-corrected chi connectivity index (χ2v) is 12.8. The second kappa shape index (κ2) is 12.5. The van der Waals surface area contributed by atoms with Crippen molar-refractivity contribution in [1.82, 2.24) is 0 Å². The number of unbranched alkanes of at least 4 members (excludes halogenated alkanes) is 3. The Labute approximate surface area is 264 Å². The van der Waals surface area contributed by atoms with Gasteiger partial charge in [-0.25, -0.2) is 4.79 Å². The molecule has 0 fully saturated rings. The van der Waals surface area contributed by atoms with Gasteiger partial charge in [0.1, 0.15) is 0 Å². The number of carbonyl (C=O) groups is 2. The molecule has 0 unspecified atom stereocenters. The second-order valence-electron chi connectivity index (χ2n) is 12.8. The van der Waals surface area contributed by atoms with E-state index in [1.165, 1.54) is 16.3 Å². The zero-order chi connectivity index (χ0) is 31.8. The standard InChI is InChI=1S/C40H41NO4/c1-23(2)26-12-9-13-27(24(3)4)38(26)41-39(43)33-20-18-31-29-15-10-14-28-25(11-7-5-6-8-22-42)16-17-30(35(28)29)32-19-21-34(40(44)45)37(33)36(31)32/h9-10,12-21,23-24,42H,5-8,11,22H2,1-4H3,(H,41,43)(H,44,45). The summed E-state index contributed by atoms with van der Waals surface area (Å²) in [6.07, 6.45) is 4.96. The minimum absolute atomic E-state index is 0.122.